The van der Waals surface area contributed by atoms with Crippen molar-refractivity contribution in [2.24, 2.45) is 0 Å². The molecule has 2 aromatic heterocycles. The maximum Gasteiger partial charge on any atom is 0.316 e. The van der Waals surface area contributed by atoms with E-state index in [4.69, 9.17) is 4.74 Å². The van der Waals surface area contributed by atoms with Gasteiger partial charge in [-0.05, 0) is 25.0 Å². The number of para-hydroxylation sites is 1. The van der Waals surface area contributed by atoms with E-state index in [1.807, 2.05) is 18.2 Å². The fourth-order valence-corrected chi connectivity index (χ4v) is 3.42. The summed E-state index contributed by atoms with van der Waals surface area (Å²) < 4.78 is 6.57. The highest BCUT2D eigenvalue weighted by Gasteiger charge is 2.27. The van der Waals surface area contributed by atoms with E-state index in [0.717, 1.165) is 12.8 Å². The largest absolute Gasteiger partial charge is 0.467 e. The molecule has 3 aromatic rings. The first-order valence-electron chi connectivity index (χ1n) is 8.78. The molecular formula is C19H19N5O3. The Morgan fingerprint density at radius 3 is 2.74 bits per heavy atom. The van der Waals surface area contributed by atoms with Gasteiger partial charge in [-0.15, -0.1) is 0 Å². The van der Waals surface area contributed by atoms with Gasteiger partial charge in [0.05, 0.1) is 35.9 Å². The average Bonchev–Trinajstić information content (AvgIpc) is 2.74. The van der Waals surface area contributed by atoms with Gasteiger partial charge in [-0.25, -0.2) is 15.0 Å². The van der Waals surface area contributed by atoms with Gasteiger partial charge in [-0.3, -0.25) is 14.2 Å². The van der Waals surface area contributed by atoms with Crippen LogP contribution in [0.15, 0.2) is 47.8 Å². The van der Waals surface area contributed by atoms with Gasteiger partial charge in [0.25, 0.3) is 11.5 Å². The Bertz CT molecular complexity index is 1030. The van der Waals surface area contributed by atoms with E-state index < -0.39 is 0 Å². The molecule has 0 aliphatic carbocycles. The van der Waals surface area contributed by atoms with Crippen molar-refractivity contribution < 1.29 is 9.53 Å². The highest BCUT2D eigenvalue weighted by Crippen LogP contribution is 2.22. The van der Waals surface area contributed by atoms with Gasteiger partial charge >= 0.3 is 6.01 Å². The van der Waals surface area contributed by atoms with E-state index in [9.17, 15) is 9.59 Å². The molecule has 0 spiro atoms. The van der Waals surface area contributed by atoms with Crippen LogP contribution in [0.2, 0.25) is 0 Å². The zero-order chi connectivity index (χ0) is 18.8. The van der Waals surface area contributed by atoms with Crippen molar-refractivity contribution in [2.45, 2.75) is 18.9 Å². The maximum absolute atomic E-state index is 12.8. The van der Waals surface area contributed by atoms with E-state index in [1.165, 1.54) is 19.5 Å². The molecule has 1 amide bonds. The van der Waals surface area contributed by atoms with Crippen LogP contribution in [0.1, 0.15) is 29.2 Å². The Morgan fingerprint density at radius 2 is 1.96 bits per heavy atom. The Labute approximate surface area is 155 Å². The third-order valence-electron chi connectivity index (χ3n) is 4.82. The standard InChI is InChI=1S/C19H19N5O3/c1-27-19-20-9-13(10-21-19)17(25)23-8-4-5-14(11-23)24-12-22-16-7-3-2-6-15(16)18(24)26/h2-3,6-7,9-10,12,14H,4-5,8,11H2,1H3/t14-/m1/s1. The van der Waals surface area contributed by atoms with Crippen molar-refractivity contribution in [2.75, 3.05) is 20.2 Å². The topological polar surface area (TPSA) is 90.2 Å². The van der Waals surface area contributed by atoms with Crippen LogP contribution in [0.25, 0.3) is 10.9 Å². The van der Waals surface area contributed by atoms with Crippen LogP contribution in [0.4, 0.5) is 0 Å². The van der Waals surface area contributed by atoms with Crippen molar-refractivity contribution >= 4 is 16.8 Å². The fourth-order valence-electron chi connectivity index (χ4n) is 3.42. The van der Waals surface area contributed by atoms with Crippen LogP contribution in [-0.4, -0.2) is 50.5 Å². The molecule has 8 heteroatoms. The van der Waals surface area contributed by atoms with E-state index in [2.05, 4.69) is 15.0 Å². The molecule has 0 saturated carbocycles. The minimum atomic E-state index is -0.149. The summed E-state index contributed by atoms with van der Waals surface area (Å²) in [6.07, 6.45) is 6.14. The van der Waals surface area contributed by atoms with E-state index >= 15 is 0 Å². The fraction of sp³-hybridized carbons (Fsp3) is 0.316. The van der Waals surface area contributed by atoms with Crippen molar-refractivity contribution in [1.29, 1.82) is 0 Å². The van der Waals surface area contributed by atoms with Crippen molar-refractivity contribution in [3.8, 4) is 6.01 Å². The van der Waals surface area contributed by atoms with Gasteiger partial charge in [-0.1, -0.05) is 12.1 Å². The lowest BCUT2D eigenvalue weighted by Crippen LogP contribution is -2.43. The van der Waals surface area contributed by atoms with Crippen LogP contribution < -0.4 is 10.3 Å². The Kier molecular flexibility index (Phi) is 4.53. The van der Waals surface area contributed by atoms with Gasteiger partial charge in [-0.2, -0.15) is 0 Å². The number of piperidine rings is 1. The number of likely N-dealkylation sites (tertiary alicyclic amines) is 1. The van der Waals surface area contributed by atoms with Crippen LogP contribution >= 0.6 is 0 Å². The van der Waals surface area contributed by atoms with E-state index in [1.54, 1.807) is 21.9 Å². The van der Waals surface area contributed by atoms with Crippen LogP contribution in [0, 0.1) is 0 Å². The summed E-state index contributed by atoms with van der Waals surface area (Å²) in [6, 6.07) is 7.40. The van der Waals surface area contributed by atoms with Crippen LogP contribution in [-0.2, 0) is 0 Å². The van der Waals surface area contributed by atoms with Crippen LogP contribution in [0.3, 0.4) is 0 Å². The molecule has 0 bridgehead atoms. The number of fused-ring (bicyclic) bond motifs is 1. The number of methoxy groups -OCH3 is 1. The second-order valence-corrected chi connectivity index (χ2v) is 6.48. The summed E-state index contributed by atoms with van der Waals surface area (Å²) in [5.41, 5.74) is 1.01. The lowest BCUT2D eigenvalue weighted by molar-refractivity contribution is 0.0676. The van der Waals surface area contributed by atoms with Crippen LogP contribution in [0.5, 0.6) is 6.01 Å². The molecule has 1 saturated heterocycles. The Balaban J connectivity index is 1.58. The first-order chi connectivity index (χ1) is 13.2. The van der Waals surface area contributed by atoms with Gasteiger partial charge in [0.15, 0.2) is 0 Å². The number of ether oxygens (including phenoxy) is 1. The number of nitrogens with zero attached hydrogens (tertiary/aromatic N) is 5. The Morgan fingerprint density at radius 1 is 1.19 bits per heavy atom. The summed E-state index contributed by atoms with van der Waals surface area (Å²) >= 11 is 0. The zero-order valence-corrected chi connectivity index (χ0v) is 14.9. The normalized spacial score (nSPS) is 17.1. The first-order valence-corrected chi connectivity index (χ1v) is 8.78. The minimum absolute atomic E-state index is 0.0762. The van der Waals surface area contributed by atoms with Crippen molar-refractivity contribution in [3.05, 3.63) is 58.9 Å². The quantitative estimate of drug-likeness (QED) is 0.701. The van der Waals surface area contributed by atoms with Gasteiger partial charge in [0.2, 0.25) is 0 Å². The summed E-state index contributed by atoms with van der Waals surface area (Å²) in [7, 11) is 1.47. The van der Waals surface area contributed by atoms with E-state index in [0.29, 0.717) is 29.6 Å². The molecule has 1 aliphatic rings. The number of hydrogen-bond acceptors (Lipinski definition) is 6. The molecule has 1 aliphatic heterocycles. The number of aromatic nitrogens is 4. The molecule has 138 valence electrons. The average molecular weight is 365 g/mol. The van der Waals surface area contributed by atoms with E-state index in [-0.39, 0.29) is 23.5 Å². The molecule has 0 N–H and O–H groups in total. The highest BCUT2D eigenvalue weighted by atomic mass is 16.5. The first kappa shape index (κ1) is 17.1. The third-order valence-corrected chi connectivity index (χ3v) is 4.82. The SMILES string of the molecule is COc1ncc(C(=O)N2CCC[C@@H](n3cnc4ccccc4c3=O)C2)cn1. The number of amides is 1. The smallest absolute Gasteiger partial charge is 0.316 e. The number of carbonyl (C=O) groups is 1. The number of hydrogen-bond donors (Lipinski definition) is 0. The lowest BCUT2D eigenvalue weighted by Gasteiger charge is -2.33. The van der Waals surface area contributed by atoms with Crippen molar-refractivity contribution in [1.82, 2.24) is 24.4 Å². The number of benzene rings is 1. The molecule has 27 heavy (non-hydrogen) atoms. The van der Waals surface area contributed by atoms with Gasteiger partial charge in [0, 0.05) is 25.5 Å². The molecule has 4 rings (SSSR count). The minimum Gasteiger partial charge on any atom is -0.467 e. The number of carbonyl (C=O) groups excluding carboxylic acids is 1. The zero-order valence-electron chi connectivity index (χ0n) is 14.9. The molecule has 0 radical (unpaired) electrons. The molecule has 0 unspecified atom stereocenters. The molecule has 1 fully saturated rings. The predicted molar refractivity (Wildman–Crippen MR) is 98.8 cm³/mol. The summed E-state index contributed by atoms with van der Waals surface area (Å²) in [5, 5.41) is 0.590. The molecule has 3 heterocycles. The monoisotopic (exact) mass is 365 g/mol. The summed E-state index contributed by atoms with van der Waals surface area (Å²) in [5.74, 6) is -0.149. The second-order valence-electron chi connectivity index (χ2n) is 6.48. The summed E-state index contributed by atoms with van der Waals surface area (Å²) in [4.78, 5) is 39.7. The second kappa shape index (κ2) is 7.14. The number of rotatable bonds is 3. The lowest BCUT2D eigenvalue weighted by atomic mass is 10.0. The maximum atomic E-state index is 12.8. The summed E-state index contributed by atoms with van der Waals surface area (Å²) in [6.45, 7) is 1.09. The third kappa shape index (κ3) is 3.25. The molecule has 1 aromatic carbocycles. The molecule has 1 atom stereocenters. The predicted octanol–water partition coefficient (Wildman–Crippen LogP) is 1.67. The van der Waals surface area contributed by atoms with Gasteiger partial charge in [0.1, 0.15) is 0 Å². The molecular weight excluding hydrogens is 346 g/mol. The Hall–Kier alpha value is -3.29. The molecule has 8 nitrogen and oxygen atoms in total. The van der Waals surface area contributed by atoms with Crippen molar-refractivity contribution in [3.63, 3.8) is 0 Å². The highest BCUT2D eigenvalue weighted by molar-refractivity contribution is 5.93. The van der Waals surface area contributed by atoms with Gasteiger partial charge < -0.3 is 9.64 Å².